The minimum atomic E-state index is 0.717. The second-order valence-corrected chi connectivity index (χ2v) is 9.05. The molecule has 172 valence electrons. The Hall–Kier alpha value is -3.71. The molecule has 2 aliphatic rings. The Balaban J connectivity index is 1.33. The Morgan fingerprint density at radius 3 is 2.74 bits per heavy atom. The van der Waals surface area contributed by atoms with Crippen LogP contribution in [-0.2, 0) is 6.54 Å². The van der Waals surface area contributed by atoms with Crippen LogP contribution in [-0.4, -0.2) is 46.3 Å². The summed E-state index contributed by atoms with van der Waals surface area (Å²) in [6, 6.07) is 13.0. The molecule has 4 aromatic rings. The number of hydrogen-bond donors (Lipinski definition) is 3. The van der Waals surface area contributed by atoms with E-state index in [-0.39, 0.29) is 0 Å². The third-order valence-corrected chi connectivity index (χ3v) is 6.72. The van der Waals surface area contributed by atoms with Gasteiger partial charge in [0.2, 0.25) is 0 Å². The van der Waals surface area contributed by atoms with Crippen LogP contribution in [0.5, 0.6) is 0 Å². The summed E-state index contributed by atoms with van der Waals surface area (Å²) in [5, 5.41) is 18.2. The number of H-pyrrole nitrogens is 1. The maximum Gasteiger partial charge on any atom is 0.172 e. The van der Waals surface area contributed by atoms with E-state index < -0.39 is 0 Å². The number of rotatable bonds is 5. The Labute approximate surface area is 198 Å². The van der Waals surface area contributed by atoms with E-state index in [1.807, 2.05) is 19.2 Å². The van der Waals surface area contributed by atoms with Gasteiger partial charge in [0.05, 0.1) is 17.4 Å². The van der Waals surface area contributed by atoms with Crippen molar-refractivity contribution in [2.45, 2.75) is 26.3 Å². The van der Waals surface area contributed by atoms with Gasteiger partial charge in [-0.05, 0) is 54.0 Å². The van der Waals surface area contributed by atoms with Crippen LogP contribution in [0.1, 0.15) is 24.1 Å². The predicted octanol–water partition coefficient (Wildman–Crippen LogP) is 2.70. The van der Waals surface area contributed by atoms with Crippen LogP contribution in [0.3, 0.4) is 0 Å². The van der Waals surface area contributed by atoms with E-state index in [0.29, 0.717) is 6.54 Å². The van der Waals surface area contributed by atoms with Crippen molar-refractivity contribution in [3.63, 3.8) is 0 Å². The number of piperazine rings is 1. The molecule has 0 bridgehead atoms. The SMILES string of the molecule is Cc1[nH]nc2ccc(-c3cnc(NCc4ccc5c(c4)=CCCC=5)c(N4CCNCC4)n3)cc12. The Kier molecular flexibility index (Phi) is 5.47. The van der Waals surface area contributed by atoms with Gasteiger partial charge in [0.15, 0.2) is 11.6 Å². The molecule has 3 N–H and O–H groups in total. The maximum absolute atomic E-state index is 5.10. The number of hydrogen-bond acceptors (Lipinski definition) is 6. The molecule has 3 heterocycles. The molecule has 7 nitrogen and oxygen atoms in total. The molecule has 1 saturated heterocycles. The fourth-order valence-corrected chi connectivity index (χ4v) is 4.80. The summed E-state index contributed by atoms with van der Waals surface area (Å²) in [7, 11) is 0. The number of aromatic nitrogens is 4. The summed E-state index contributed by atoms with van der Waals surface area (Å²) in [6.07, 6.45) is 8.78. The standard InChI is InChI=1S/C27H29N7/c1-18-23-15-22(8-9-24(23)33-32-18)25-17-30-26(27(31-25)34-12-10-28-11-13-34)29-16-19-6-7-20-4-2-3-5-21(20)14-19/h4-9,14-15,17,28H,2-3,10-13,16H2,1H3,(H,29,30)(H,32,33). The van der Waals surface area contributed by atoms with E-state index in [4.69, 9.17) is 9.97 Å². The molecule has 7 heteroatoms. The largest absolute Gasteiger partial charge is 0.363 e. The molecule has 2 aromatic carbocycles. The van der Waals surface area contributed by atoms with Crippen molar-refractivity contribution < 1.29 is 0 Å². The quantitative estimate of drug-likeness (QED) is 0.433. The summed E-state index contributed by atoms with van der Waals surface area (Å²) in [6.45, 7) is 6.48. The number of anilines is 2. The van der Waals surface area contributed by atoms with Gasteiger partial charge in [-0.25, -0.2) is 9.97 Å². The first kappa shape index (κ1) is 20.9. The normalized spacial score (nSPS) is 15.5. The summed E-state index contributed by atoms with van der Waals surface area (Å²) in [5.74, 6) is 1.75. The molecule has 1 fully saturated rings. The zero-order valence-electron chi connectivity index (χ0n) is 19.4. The van der Waals surface area contributed by atoms with E-state index in [1.54, 1.807) is 0 Å². The summed E-state index contributed by atoms with van der Waals surface area (Å²) in [4.78, 5) is 12.3. The van der Waals surface area contributed by atoms with Crippen LogP contribution in [0.15, 0.2) is 42.6 Å². The molecular formula is C27H29N7. The first-order valence-electron chi connectivity index (χ1n) is 12.1. The monoisotopic (exact) mass is 451 g/mol. The van der Waals surface area contributed by atoms with Crippen LogP contribution in [0.4, 0.5) is 11.6 Å². The van der Waals surface area contributed by atoms with E-state index in [2.05, 4.69) is 68.2 Å². The molecular weight excluding hydrogens is 422 g/mol. The number of aromatic amines is 1. The van der Waals surface area contributed by atoms with Crippen LogP contribution in [0.2, 0.25) is 0 Å². The highest BCUT2D eigenvalue weighted by atomic mass is 15.3. The van der Waals surface area contributed by atoms with Crippen molar-refractivity contribution in [2.75, 3.05) is 36.4 Å². The van der Waals surface area contributed by atoms with E-state index >= 15 is 0 Å². The van der Waals surface area contributed by atoms with Crippen molar-refractivity contribution in [2.24, 2.45) is 0 Å². The minimum Gasteiger partial charge on any atom is -0.363 e. The minimum absolute atomic E-state index is 0.717. The average Bonchev–Trinajstić information content (AvgIpc) is 3.27. The average molecular weight is 452 g/mol. The van der Waals surface area contributed by atoms with Gasteiger partial charge in [-0.3, -0.25) is 5.10 Å². The smallest absolute Gasteiger partial charge is 0.172 e. The van der Waals surface area contributed by atoms with Gasteiger partial charge in [0.25, 0.3) is 0 Å². The fourth-order valence-electron chi connectivity index (χ4n) is 4.80. The zero-order valence-corrected chi connectivity index (χ0v) is 19.4. The topological polar surface area (TPSA) is 81.8 Å². The molecule has 2 aromatic heterocycles. The number of fused-ring (bicyclic) bond motifs is 2. The lowest BCUT2D eigenvalue weighted by Gasteiger charge is -2.30. The molecule has 34 heavy (non-hydrogen) atoms. The lowest BCUT2D eigenvalue weighted by atomic mass is 10.1. The lowest BCUT2D eigenvalue weighted by molar-refractivity contribution is 0.585. The molecule has 6 rings (SSSR count). The van der Waals surface area contributed by atoms with Crippen molar-refractivity contribution in [1.82, 2.24) is 25.5 Å². The number of aryl methyl sites for hydroxylation is 1. The highest BCUT2D eigenvalue weighted by molar-refractivity contribution is 5.86. The molecule has 0 radical (unpaired) electrons. The van der Waals surface area contributed by atoms with Crippen LogP contribution in [0.25, 0.3) is 34.3 Å². The van der Waals surface area contributed by atoms with Gasteiger partial charge >= 0.3 is 0 Å². The van der Waals surface area contributed by atoms with E-state index in [1.165, 1.54) is 16.0 Å². The Morgan fingerprint density at radius 1 is 1.00 bits per heavy atom. The van der Waals surface area contributed by atoms with Crippen LogP contribution >= 0.6 is 0 Å². The second-order valence-electron chi connectivity index (χ2n) is 9.05. The van der Waals surface area contributed by atoms with Crippen molar-refractivity contribution in [1.29, 1.82) is 0 Å². The predicted molar refractivity (Wildman–Crippen MR) is 138 cm³/mol. The number of benzene rings is 2. The molecule has 1 aliphatic carbocycles. The van der Waals surface area contributed by atoms with E-state index in [0.717, 1.165) is 78.5 Å². The van der Waals surface area contributed by atoms with Gasteiger partial charge in [-0.2, -0.15) is 5.10 Å². The molecule has 0 unspecified atom stereocenters. The highest BCUT2D eigenvalue weighted by Crippen LogP contribution is 2.29. The summed E-state index contributed by atoms with van der Waals surface area (Å²) in [5.41, 5.74) is 5.21. The Morgan fingerprint density at radius 2 is 1.85 bits per heavy atom. The van der Waals surface area contributed by atoms with Gasteiger partial charge in [0, 0.05) is 49.4 Å². The second kappa shape index (κ2) is 8.91. The first-order valence-corrected chi connectivity index (χ1v) is 12.1. The highest BCUT2D eigenvalue weighted by Gasteiger charge is 2.18. The third-order valence-electron chi connectivity index (χ3n) is 6.72. The molecule has 0 atom stereocenters. The molecule has 0 spiro atoms. The third kappa shape index (κ3) is 4.03. The summed E-state index contributed by atoms with van der Waals surface area (Å²) >= 11 is 0. The van der Waals surface area contributed by atoms with Crippen molar-refractivity contribution in [3.05, 3.63) is 64.3 Å². The number of nitrogens with zero attached hydrogens (tertiary/aromatic N) is 4. The number of nitrogens with one attached hydrogen (secondary N) is 3. The fraction of sp³-hybridized carbons (Fsp3) is 0.296. The van der Waals surface area contributed by atoms with Gasteiger partial charge in [0.1, 0.15) is 0 Å². The first-order chi connectivity index (χ1) is 16.7. The van der Waals surface area contributed by atoms with Gasteiger partial charge < -0.3 is 15.5 Å². The zero-order chi connectivity index (χ0) is 22.9. The maximum atomic E-state index is 5.10. The van der Waals surface area contributed by atoms with Gasteiger partial charge in [-0.1, -0.05) is 30.4 Å². The molecule has 0 saturated carbocycles. The molecule has 1 aliphatic heterocycles. The van der Waals surface area contributed by atoms with Crippen molar-refractivity contribution in [3.8, 4) is 11.3 Å². The summed E-state index contributed by atoms with van der Waals surface area (Å²) < 4.78 is 0. The lowest BCUT2D eigenvalue weighted by Crippen LogP contribution is -2.44. The Bertz CT molecular complexity index is 1460. The van der Waals surface area contributed by atoms with Crippen LogP contribution < -0.4 is 26.0 Å². The van der Waals surface area contributed by atoms with Crippen LogP contribution in [0, 0.1) is 6.92 Å². The van der Waals surface area contributed by atoms with Gasteiger partial charge in [-0.15, -0.1) is 0 Å². The van der Waals surface area contributed by atoms with E-state index in [9.17, 15) is 0 Å². The molecule has 0 amide bonds. The van der Waals surface area contributed by atoms with Crippen molar-refractivity contribution >= 4 is 34.7 Å².